The number of hydrogen-bond acceptors (Lipinski definition) is 6. The minimum absolute atomic E-state index is 0.315. The van der Waals surface area contributed by atoms with Gasteiger partial charge in [0.1, 0.15) is 17.9 Å². The van der Waals surface area contributed by atoms with Crippen molar-refractivity contribution in [2.24, 2.45) is 5.10 Å². The molecule has 1 aromatic rings. The first-order valence-electron chi connectivity index (χ1n) is 6.91. The van der Waals surface area contributed by atoms with Crippen LogP contribution in [0.15, 0.2) is 23.3 Å². The van der Waals surface area contributed by atoms with Gasteiger partial charge < -0.3 is 19.5 Å². The van der Waals surface area contributed by atoms with E-state index in [1.54, 1.807) is 18.2 Å². The monoisotopic (exact) mass is 323 g/mol. The van der Waals surface area contributed by atoms with Crippen molar-refractivity contribution in [1.82, 2.24) is 10.7 Å². The van der Waals surface area contributed by atoms with Gasteiger partial charge in [-0.15, -0.1) is 0 Å². The number of amides is 2. The smallest absolute Gasteiger partial charge is 0.249 e. The largest absolute Gasteiger partial charge is 0.496 e. The third kappa shape index (κ3) is 6.35. The molecule has 23 heavy (non-hydrogen) atoms. The summed E-state index contributed by atoms with van der Waals surface area (Å²) in [6.45, 7) is 0.739. The second-order valence-electron chi connectivity index (χ2n) is 4.39. The van der Waals surface area contributed by atoms with E-state index in [1.807, 2.05) is 0 Å². The predicted octanol–water partition coefficient (Wildman–Crippen LogP) is 0.307. The first-order valence-corrected chi connectivity index (χ1v) is 6.91. The lowest BCUT2D eigenvalue weighted by atomic mass is 10.2. The number of hydrazone groups is 1. The Labute approximate surface area is 134 Å². The van der Waals surface area contributed by atoms with Crippen molar-refractivity contribution < 1.29 is 23.8 Å². The van der Waals surface area contributed by atoms with Crippen LogP contribution in [0.1, 0.15) is 12.0 Å². The Hall–Kier alpha value is -2.61. The van der Waals surface area contributed by atoms with Crippen molar-refractivity contribution in [3.8, 4) is 11.5 Å². The molecule has 0 radical (unpaired) electrons. The van der Waals surface area contributed by atoms with Crippen molar-refractivity contribution >= 4 is 18.0 Å². The fourth-order valence-electron chi connectivity index (χ4n) is 1.72. The molecule has 0 aliphatic heterocycles. The van der Waals surface area contributed by atoms with Crippen LogP contribution in [0.2, 0.25) is 0 Å². The normalized spacial score (nSPS) is 10.4. The average molecular weight is 323 g/mol. The molecule has 8 nitrogen and oxygen atoms in total. The number of carbonyl (C=O) groups is 2. The highest BCUT2D eigenvalue weighted by atomic mass is 16.5. The quantitative estimate of drug-likeness (QED) is 0.295. The molecule has 2 N–H and O–H groups in total. The van der Waals surface area contributed by atoms with Gasteiger partial charge in [0, 0.05) is 13.7 Å². The highest BCUT2D eigenvalue weighted by Gasteiger charge is 2.09. The highest BCUT2D eigenvalue weighted by molar-refractivity contribution is 5.97. The van der Waals surface area contributed by atoms with E-state index >= 15 is 0 Å². The number of benzene rings is 1. The molecule has 0 bridgehead atoms. The zero-order chi connectivity index (χ0) is 17.1. The summed E-state index contributed by atoms with van der Waals surface area (Å²) >= 11 is 0. The van der Waals surface area contributed by atoms with Crippen molar-refractivity contribution in [1.29, 1.82) is 0 Å². The van der Waals surface area contributed by atoms with Gasteiger partial charge in [0.2, 0.25) is 11.8 Å². The van der Waals surface area contributed by atoms with Crippen molar-refractivity contribution in [2.75, 3.05) is 34.5 Å². The van der Waals surface area contributed by atoms with E-state index in [0.717, 1.165) is 0 Å². The number of hydrogen-bond donors (Lipinski definition) is 2. The zero-order valence-corrected chi connectivity index (χ0v) is 13.4. The van der Waals surface area contributed by atoms with E-state index in [4.69, 9.17) is 14.2 Å². The Morgan fingerprint density at radius 1 is 1.13 bits per heavy atom. The highest BCUT2D eigenvalue weighted by Crippen LogP contribution is 2.25. The van der Waals surface area contributed by atoms with Crippen LogP contribution in [0, 0.1) is 0 Å². The van der Waals surface area contributed by atoms with Crippen molar-refractivity contribution in [2.45, 2.75) is 6.42 Å². The summed E-state index contributed by atoms with van der Waals surface area (Å²) < 4.78 is 15.2. The van der Waals surface area contributed by atoms with Gasteiger partial charge in [0.25, 0.3) is 0 Å². The molecule has 0 unspecified atom stereocenters. The van der Waals surface area contributed by atoms with Gasteiger partial charge in [-0.3, -0.25) is 9.59 Å². The molecule has 2 amide bonds. The fraction of sp³-hybridized carbons (Fsp3) is 0.400. The summed E-state index contributed by atoms with van der Waals surface area (Å²) in [5, 5.41) is 6.36. The SMILES string of the molecule is COCCNC(=O)CC(=O)N/N=C\c1c(OC)cccc1OC. The Morgan fingerprint density at radius 3 is 2.35 bits per heavy atom. The maximum absolute atomic E-state index is 11.6. The molecular formula is C15H21N3O5. The van der Waals surface area contributed by atoms with Gasteiger partial charge in [-0.2, -0.15) is 5.10 Å². The van der Waals surface area contributed by atoms with E-state index in [1.165, 1.54) is 27.5 Å². The van der Waals surface area contributed by atoms with E-state index in [9.17, 15) is 9.59 Å². The molecule has 0 saturated carbocycles. The van der Waals surface area contributed by atoms with Crippen molar-refractivity contribution in [3.63, 3.8) is 0 Å². The molecule has 0 fully saturated rings. The topological polar surface area (TPSA) is 98.2 Å². The van der Waals surface area contributed by atoms with E-state index in [2.05, 4.69) is 15.8 Å². The Bertz CT molecular complexity index is 538. The molecule has 126 valence electrons. The second kappa shape index (κ2) is 10.2. The van der Waals surface area contributed by atoms with E-state index in [-0.39, 0.29) is 6.42 Å². The van der Waals surface area contributed by atoms with Crippen LogP contribution in [0.25, 0.3) is 0 Å². The van der Waals surface area contributed by atoms with Gasteiger partial charge in [-0.25, -0.2) is 5.43 Å². The number of rotatable bonds is 9. The summed E-state index contributed by atoms with van der Waals surface area (Å²) in [5.74, 6) is 0.189. The first-order chi connectivity index (χ1) is 11.1. The number of carbonyl (C=O) groups excluding carboxylic acids is 2. The molecule has 1 rings (SSSR count). The minimum atomic E-state index is -0.523. The van der Waals surface area contributed by atoms with Crippen LogP contribution in [-0.4, -0.2) is 52.5 Å². The maximum Gasteiger partial charge on any atom is 0.249 e. The number of nitrogens with one attached hydrogen (secondary N) is 2. The summed E-state index contributed by atoms with van der Waals surface area (Å²) in [4.78, 5) is 23.0. The summed E-state index contributed by atoms with van der Waals surface area (Å²) in [6.07, 6.45) is 1.09. The van der Waals surface area contributed by atoms with Crippen LogP contribution in [-0.2, 0) is 14.3 Å². The van der Waals surface area contributed by atoms with Gasteiger partial charge in [-0.05, 0) is 12.1 Å². The zero-order valence-electron chi connectivity index (χ0n) is 13.4. The maximum atomic E-state index is 11.6. The van der Waals surface area contributed by atoms with Crippen LogP contribution >= 0.6 is 0 Å². The van der Waals surface area contributed by atoms with Crippen LogP contribution < -0.4 is 20.2 Å². The molecule has 0 saturated heterocycles. The van der Waals surface area contributed by atoms with Gasteiger partial charge in [-0.1, -0.05) is 6.07 Å². The minimum Gasteiger partial charge on any atom is -0.496 e. The molecule has 0 aliphatic carbocycles. The number of nitrogens with zero attached hydrogens (tertiary/aromatic N) is 1. The average Bonchev–Trinajstić information content (AvgIpc) is 2.55. The predicted molar refractivity (Wildman–Crippen MR) is 84.8 cm³/mol. The lowest BCUT2D eigenvalue weighted by Crippen LogP contribution is -2.31. The molecule has 0 atom stereocenters. The van der Waals surface area contributed by atoms with Crippen LogP contribution in [0.3, 0.4) is 0 Å². The number of methoxy groups -OCH3 is 3. The lowest BCUT2D eigenvalue weighted by molar-refractivity contribution is -0.129. The summed E-state index contributed by atoms with van der Waals surface area (Å²) in [5.41, 5.74) is 2.87. The third-order valence-corrected chi connectivity index (χ3v) is 2.80. The van der Waals surface area contributed by atoms with E-state index in [0.29, 0.717) is 30.2 Å². The van der Waals surface area contributed by atoms with Crippen LogP contribution in [0.5, 0.6) is 11.5 Å². The van der Waals surface area contributed by atoms with Gasteiger partial charge >= 0.3 is 0 Å². The Balaban J connectivity index is 2.56. The summed E-state index contributed by atoms with van der Waals surface area (Å²) in [7, 11) is 4.57. The Kier molecular flexibility index (Phi) is 8.16. The first kappa shape index (κ1) is 18.4. The second-order valence-corrected chi connectivity index (χ2v) is 4.39. The van der Waals surface area contributed by atoms with Gasteiger partial charge in [0.15, 0.2) is 0 Å². The Morgan fingerprint density at radius 2 is 1.78 bits per heavy atom. The molecule has 0 spiro atoms. The van der Waals surface area contributed by atoms with Gasteiger partial charge in [0.05, 0.1) is 32.6 Å². The lowest BCUT2D eigenvalue weighted by Gasteiger charge is -2.09. The van der Waals surface area contributed by atoms with E-state index < -0.39 is 11.8 Å². The van der Waals surface area contributed by atoms with Crippen LogP contribution in [0.4, 0.5) is 0 Å². The number of ether oxygens (including phenoxy) is 3. The summed E-state index contributed by atoms with van der Waals surface area (Å²) in [6, 6.07) is 5.27. The molecular weight excluding hydrogens is 302 g/mol. The molecule has 0 aromatic heterocycles. The standard InChI is InChI=1S/C15H21N3O5/c1-21-8-7-16-14(19)9-15(20)18-17-10-11-12(22-2)5-4-6-13(11)23-3/h4-6,10H,7-9H2,1-3H3,(H,16,19)(H,18,20)/b17-10-. The molecule has 1 aromatic carbocycles. The van der Waals surface area contributed by atoms with Crippen molar-refractivity contribution in [3.05, 3.63) is 23.8 Å². The fourth-order valence-corrected chi connectivity index (χ4v) is 1.72. The molecule has 8 heteroatoms. The third-order valence-electron chi connectivity index (χ3n) is 2.80. The molecule has 0 heterocycles. The molecule has 0 aliphatic rings.